The minimum Gasteiger partial charge on any atom is -0.476 e. The van der Waals surface area contributed by atoms with Crippen LogP contribution in [0.2, 0.25) is 0 Å². The third kappa shape index (κ3) is 3.08. The molecule has 1 aromatic heterocycles. The van der Waals surface area contributed by atoms with Gasteiger partial charge < -0.3 is 10.1 Å². The summed E-state index contributed by atoms with van der Waals surface area (Å²) in [6, 6.07) is 1.73. The summed E-state index contributed by atoms with van der Waals surface area (Å²) < 4.78 is 28.4. The van der Waals surface area contributed by atoms with Gasteiger partial charge in [-0.25, -0.2) is 18.4 Å². The molecule has 32 heavy (non-hydrogen) atoms. The van der Waals surface area contributed by atoms with E-state index >= 15 is 0 Å². The van der Waals surface area contributed by atoms with E-state index in [4.69, 9.17) is 4.74 Å². The summed E-state index contributed by atoms with van der Waals surface area (Å²) in [5, 5.41) is 7.43. The van der Waals surface area contributed by atoms with Gasteiger partial charge in [0.05, 0.1) is 19.3 Å². The molecule has 1 saturated carbocycles. The van der Waals surface area contributed by atoms with Crippen molar-refractivity contribution < 1.29 is 13.7 Å². The van der Waals surface area contributed by atoms with Crippen LogP contribution < -0.4 is 14.8 Å². The van der Waals surface area contributed by atoms with Crippen LogP contribution in [0, 0.1) is 5.41 Å². The Kier molecular flexibility index (Phi) is 4.62. The minimum atomic E-state index is -3.22. The van der Waals surface area contributed by atoms with Gasteiger partial charge in [-0.1, -0.05) is 12.5 Å². The third-order valence-corrected chi connectivity index (χ3v) is 9.52. The first kappa shape index (κ1) is 20.2. The summed E-state index contributed by atoms with van der Waals surface area (Å²) in [5.74, 6) is 0.458. The number of nitrogens with one attached hydrogen (secondary N) is 2. The maximum Gasteiger partial charge on any atom is 0.354 e. The van der Waals surface area contributed by atoms with Gasteiger partial charge in [-0.05, 0) is 80.7 Å². The number of amides is 2. The molecular weight excluding hydrogens is 426 g/mol. The van der Waals surface area contributed by atoms with Gasteiger partial charge in [0, 0.05) is 11.1 Å². The van der Waals surface area contributed by atoms with E-state index < -0.39 is 15.9 Å². The second-order valence-corrected chi connectivity index (χ2v) is 11.7. The van der Waals surface area contributed by atoms with Gasteiger partial charge in [0.2, 0.25) is 5.88 Å². The Bertz CT molecular complexity index is 1200. The molecule has 1 aliphatic heterocycles. The van der Waals surface area contributed by atoms with Gasteiger partial charge in [-0.15, -0.1) is 4.36 Å². The second kappa shape index (κ2) is 7.31. The standard InChI is InChI=1S/C23H29N5O3S/c1-24-32(30,19-12-25-28-13-23(9-4-10-23)14-31-21(19)28)27-22(29)26-20-17-7-2-5-15(17)11-16-6-3-8-18(16)20/h11-12H,2-10,13-14H2,1H3,(H2,24,26,27,29,30). The molecule has 6 rings (SSSR count). The number of benzene rings is 1. The highest BCUT2D eigenvalue weighted by atomic mass is 32.2. The molecule has 0 radical (unpaired) electrons. The minimum absolute atomic E-state index is 0.152. The monoisotopic (exact) mass is 455 g/mol. The highest BCUT2D eigenvalue weighted by Crippen LogP contribution is 2.46. The molecule has 1 atom stereocenters. The van der Waals surface area contributed by atoms with Crippen molar-refractivity contribution in [3.8, 4) is 5.88 Å². The number of rotatable bonds is 3. The molecule has 9 heteroatoms. The van der Waals surface area contributed by atoms with Gasteiger partial charge >= 0.3 is 6.03 Å². The van der Waals surface area contributed by atoms with Crippen LogP contribution in [-0.2, 0) is 42.1 Å². The Morgan fingerprint density at radius 2 is 1.88 bits per heavy atom. The fraction of sp³-hybridized carbons (Fsp3) is 0.565. The van der Waals surface area contributed by atoms with E-state index in [2.05, 4.69) is 25.6 Å². The molecule has 2 amide bonds. The predicted molar refractivity (Wildman–Crippen MR) is 121 cm³/mol. The Morgan fingerprint density at radius 3 is 2.50 bits per heavy atom. The normalized spacial score (nSPS) is 21.7. The molecule has 1 spiro atoms. The lowest BCUT2D eigenvalue weighted by Gasteiger charge is -2.44. The molecule has 2 aromatic rings. The van der Waals surface area contributed by atoms with Crippen LogP contribution in [0.4, 0.5) is 10.5 Å². The smallest absolute Gasteiger partial charge is 0.354 e. The largest absolute Gasteiger partial charge is 0.476 e. The van der Waals surface area contributed by atoms with E-state index in [0.717, 1.165) is 63.6 Å². The average molecular weight is 456 g/mol. The van der Waals surface area contributed by atoms with E-state index in [1.165, 1.54) is 34.9 Å². The number of hydrogen-bond donors (Lipinski definition) is 2. The van der Waals surface area contributed by atoms with Crippen molar-refractivity contribution in [2.24, 2.45) is 9.78 Å². The molecule has 0 bridgehead atoms. The van der Waals surface area contributed by atoms with Crippen molar-refractivity contribution in [1.29, 1.82) is 0 Å². The number of urea groups is 1. The van der Waals surface area contributed by atoms with Crippen molar-refractivity contribution in [2.75, 3.05) is 19.0 Å². The zero-order valence-electron chi connectivity index (χ0n) is 18.4. The Morgan fingerprint density at radius 1 is 1.16 bits per heavy atom. The molecule has 1 fully saturated rings. The van der Waals surface area contributed by atoms with E-state index in [0.29, 0.717) is 17.4 Å². The lowest BCUT2D eigenvalue weighted by molar-refractivity contribution is 0.000123. The van der Waals surface area contributed by atoms with Crippen LogP contribution in [0.15, 0.2) is 21.5 Å². The molecule has 1 aromatic carbocycles. The first-order valence-electron chi connectivity index (χ1n) is 11.6. The molecule has 8 nitrogen and oxygen atoms in total. The molecule has 3 aliphatic carbocycles. The van der Waals surface area contributed by atoms with Gasteiger partial charge in [-0.3, -0.25) is 0 Å². The fourth-order valence-electron chi connectivity index (χ4n) is 5.79. The maximum absolute atomic E-state index is 13.7. The zero-order valence-corrected chi connectivity index (χ0v) is 19.2. The number of hydrogen-bond acceptors (Lipinski definition) is 4. The second-order valence-electron chi connectivity index (χ2n) is 9.60. The van der Waals surface area contributed by atoms with Crippen LogP contribution >= 0.6 is 0 Å². The number of fused-ring (bicyclic) bond motifs is 3. The van der Waals surface area contributed by atoms with Crippen molar-refractivity contribution in [3.63, 3.8) is 0 Å². The van der Waals surface area contributed by atoms with Crippen molar-refractivity contribution in [1.82, 2.24) is 14.5 Å². The summed E-state index contributed by atoms with van der Waals surface area (Å²) in [4.78, 5) is 13.4. The van der Waals surface area contributed by atoms with Gasteiger partial charge in [-0.2, -0.15) is 5.10 Å². The van der Waals surface area contributed by atoms with Crippen LogP contribution in [0.3, 0.4) is 0 Å². The molecule has 170 valence electrons. The molecule has 1 unspecified atom stereocenters. The van der Waals surface area contributed by atoms with E-state index in [9.17, 15) is 9.00 Å². The molecule has 0 saturated heterocycles. The summed E-state index contributed by atoms with van der Waals surface area (Å²) in [5.41, 5.74) is 6.17. The molecule has 2 heterocycles. The van der Waals surface area contributed by atoms with Crippen LogP contribution in [0.1, 0.15) is 54.4 Å². The fourth-order valence-corrected chi connectivity index (χ4v) is 7.07. The molecular formula is C23H29N5O3S. The number of nitrogens with zero attached hydrogens (tertiary/aromatic N) is 3. The van der Waals surface area contributed by atoms with Crippen molar-refractivity contribution in [3.05, 3.63) is 34.5 Å². The molecule has 4 aliphatic rings. The number of carbonyl (C=O) groups is 1. The first-order valence-corrected chi connectivity index (χ1v) is 13.1. The first-order chi connectivity index (χ1) is 15.5. The number of ether oxygens (including phenoxy) is 1. The predicted octanol–water partition coefficient (Wildman–Crippen LogP) is 3.62. The number of aryl methyl sites for hydroxylation is 2. The van der Waals surface area contributed by atoms with Gasteiger partial charge in [0.25, 0.3) is 0 Å². The van der Waals surface area contributed by atoms with Gasteiger partial charge in [0.15, 0.2) is 9.92 Å². The summed E-state index contributed by atoms with van der Waals surface area (Å²) in [6.45, 7) is 1.36. The van der Waals surface area contributed by atoms with Crippen LogP contribution in [0.25, 0.3) is 0 Å². The lowest BCUT2D eigenvalue weighted by Crippen LogP contribution is -2.43. The van der Waals surface area contributed by atoms with E-state index in [1.807, 2.05) is 0 Å². The van der Waals surface area contributed by atoms with Crippen LogP contribution in [0.5, 0.6) is 5.88 Å². The van der Waals surface area contributed by atoms with Crippen molar-refractivity contribution >= 4 is 21.6 Å². The zero-order chi connectivity index (χ0) is 21.9. The van der Waals surface area contributed by atoms with Gasteiger partial charge in [0.1, 0.15) is 4.90 Å². The molecule has 2 N–H and O–H groups in total. The maximum atomic E-state index is 13.7. The van der Waals surface area contributed by atoms with E-state index in [1.54, 1.807) is 11.7 Å². The average Bonchev–Trinajstić information content (AvgIpc) is 3.50. The topological polar surface area (TPSA) is 97.6 Å². The Balaban J connectivity index is 1.33. The highest BCUT2D eigenvalue weighted by Gasteiger charge is 2.43. The lowest BCUT2D eigenvalue weighted by atomic mass is 9.69. The summed E-state index contributed by atoms with van der Waals surface area (Å²) in [6.07, 6.45) is 11.2. The van der Waals surface area contributed by atoms with Crippen molar-refractivity contribution in [2.45, 2.75) is 69.2 Å². The number of aromatic nitrogens is 2. The third-order valence-electron chi connectivity index (χ3n) is 7.67. The SMILES string of the molecule is CNS(=O)(=NC(=O)Nc1c2c(cc3c1CCC3)CCC2)c1cnn2c1OCC1(CCC1)C2. The summed E-state index contributed by atoms with van der Waals surface area (Å²) in [7, 11) is -1.67. The number of carbonyl (C=O) groups excluding carboxylic acids is 1. The highest BCUT2D eigenvalue weighted by molar-refractivity contribution is 7.92. The summed E-state index contributed by atoms with van der Waals surface area (Å²) >= 11 is 0. The Labute approximate surface area is 188 Å². The Hall–Kier alpha value is -2.39. The quantitative estimate of drug-likeness (QED) is 0.739. The van der Waals surface area contributed by atoms with Crippen LogP contribution in [-0.4, -0.2) is 33.7 Å². The van der Waals surface area contributed by atoms with E-state index in [-0.39, 0.29) is 5.41 Å². The number of anilines is 1.